The fourth-order valence-electron chi connectivity index (χ4n) is 1.77. The predicted molar refractivity (Wildman–Crippen MR) is 74.9 cm³/mol. The maximum atomic E-state index is 13.1. The van der Waals surface area contributed by atoms with Crippen LogP contribution in [0.5, 0.6) is 5.75 Å². The van der Waals surface area contributed by atoms with E-state index in [4.69, 9.17) is 15.4 Å². The van der Waals surface area contributed by atoms with Crippen LogP contribution in [0.1, 0.15) is 11.1 Å². The van der Waals surface area contributed by atoms with Gasteiger partial charge >= 0.3 is 0 Å². The maximum Gasteiger partial charge on any atom is 0.265 e. The molecule has 0 spiro atoms. The lowest BCUT2D eigenvalue weighted by Gasteiger charge is -2.11. The lowest BCUT2D eigenvalue weighted by Crippen LogP contribution is -2.02. The van der Waals surface area contributed by atoms with E-state index < -0.39 is 19.8 Å². The van der Waals surface area contributed by atoms with Crippen LogP contribution < -0.4 is 4.74 Å². The molecule has 2 aromatic rings. The van der Waals surface area contributed by atoms with Crippen LogP contribution in [0.3, 0.4) is 0 Å². The van der Waals surface area contributed by atoms with E-state index >= 15 is 0 Å². The molecule has 0 aliphatic heterocycles. The lowest BCUT2D eigenvalue weighted by atomic mass is 10.1. The summed E-state index contributed by atoms with van der Waals surface area (Å²) in [6.45, 7) is 1.71. The van der Waals surface area contributed by atoms with E-state index in [0.29, 0.717) is 11.1 Å². The molecule has 0 saturated heterocycles. The van der Waals surface area contributed by atoms with Gasteiger partial charge in [-0.05, 0) is 48.4 Å². The van der Waals surface area contributed by atoms with Gasteiger partial charge in [-0.25, -0.2) is 17.2 Å². The minimum absolute atomic E-state index is 0.0111. The van der Waals surface area contributed by atoms with Crippen LogP contribution in [0.2, 0.25) is 0 Å². The van der Waals surface area contributed by atoms with E-state index in [1.807, 2.05) is 0 Å². The summed E-state index contributed by atoms with van der Waals surface area (Å²) in [5, 5.41) is 0. The standard InChI is InChI=1S/C14H11ClF2O3S/c1-9-6-11(16)3-2-10(9)8-20-13-5-4-12(17)7-14(13)21(15,18)19/h2-7H,8H2,1H3. The fraction of sp³-hybridized carbons (Fsp3) is 0.143. The average molecular weight is 333 g/mol. The zero-order valence-corrected chi connectivity index (χ0v) is 12.5. The molecule has 0 atom stereocenters. The Hall–Kier alpha value is -1.66. The van der Waals surface area contributed by atoms with Gasteiger partial charge in [0.25, 0.3) is 9.05 Å². The molecule has 0 N–H and O–H groups in total. The zero-order chi connectivity index (χ0) is 15.6. The fourth-order valence-corrected chi connectivity index (χ4v) is 2.75. The molecule has 0 amide bonds. The van der Waals surface area contributed by atoms with Gasteiger partial charge < -0.3 is 4.74 Å². The first-order chi connectivity index (χ1) is 9.77. The van der Waals surface area contributed by atoms with Crippen LogP contribution in [0.25, 0.3) is 0 Å². The molecule has 0 bridgehead atoms. The Morgan fingerprint density at radius 1 is 1.10 bits per heavy atom. The van der Waals surface area contributed by atoms with Crippen LogP contribution in [0, 0.1) is 18.6 Å². The number of ether oxygens (including phenoxy) is 1. The molecule has 21 heavy (non-hydrogen) atoms. The summed E-state index contributed by atoms with van der Waals surface area (Å²) < 4.78 is 54.3. The van der Waals surface area contributed by atoms with Gasteiger partial charge in [0.15, 0.2) is 0 Å². The van der Waals surface area contributed by atoms with Gasteiger partial charge in [0, 0.05) is 10.7 Å². The van der Waals surface area contributed by atoms with Gasteiger partial charge in [0.2, 0.25) is 0 Å². The molecule has 3 nitrogen and oxygen atoms in total. The zero-order valence-electron chi connectivity index (χ0n) is 10.9. The van der Waals surface area contributed by atoms with Crippen LogP contribution in [-0.2, 0) is 15.7 Å². The Labute approximate surface area is 125 Å². The molecule has 0 saturated carbocycles. The first-order valence-electron chi connectivity index (χ1n) is 5.89. The summed E-state index contributed by atoms with van der Waals surface area (Å²) in [6, 6.07) is 7.18. The van der Waals surface area contributed by atoms with Gasteiger partial charge in [0.05, 0.1) is 0 Å². The first kappa shape index (κ1) is 15.7. The van der Waals surface area contributed by atoms with Gasteiger partial charge in [-0.1, -0.05) is 6.07 Å². The van der Waals surface area contributed by atoms with E-state index in [1.54, 1.807) is 6.92 Å². The number of rotatable bonds is 4. The highest BCUT2D eigenvalue weighted by Gasteiger charge is 2.18. The van der Waals surface area contributed by atoms with Gasteiger partial charge in [-0.2, -0.15) is 0 Å². The van der Waals surface area contributed by atoms with Crippen LogP contribution in [0.4, 0.5) is 8.78 Å². The van der Waals surface area contributed by atoms with Crippen LogP contribution in [-0.4, -0.2) is 8.42 Å². The van der Waals surface area contributed by atoms with E-state index in [1.165, 1.54) is 24.3 Å². The Morgan fingerprint density at radius 3 is 2.33 bits per heavy atom. The first-order valence-corrected chi connectivity index (χ1v) is 8.20. The second kappa shape index (κ2) is 5.99. The molecule has 2 aromatic carbocycles. The van der Waals surface area contributed by atoms with Gasteiger partial charge in [0.1, 0.15) is 28.9 Å². The second-order valence-electron chi connectivity index (χ2n) is 4.39. The molecule has 0 fully saturated rings. The Kier molecular flexibility index (Phi) is 4.49. The third-order valence-corrected chi connectivity index (χ3v) is 4.20. The second-order valence-corrected chi connectivity index (χ2v) is 6.92. The summed E-state index contributed by atoms with van der Waals surface area (Å²) in [5.74, 6) is -1.17. The SMILES string of the molecule is Cc1cc(F)ccc1COc1ccc(F)cc1S(=O)(=O)Cl. The molecule has 0 aromatic heterocycles. The highest BCUT2D eigenvalue weighted by Crippen LogP contribution is 2.28. The van der Waals surface area contributed by atoms with Crippen molar-refractivity contribution in [2.45, 2.75) is 18.4 Å². The van der Waals surface area contributed by atoms with Crippen molar-refractivity contribution in [3.8, 4) is 5.75 Å². The third kappa shape index (κ3) is 3.92. The van der Waals surface area contributed by atoms with E-state index in [2.05, 4.69) is 0 Å². The number of hydrogen-bond acceptors (Lipinski definition) is 3. The molecule has 112 valence electrons. The largest absolute Gasteiger partial charge is 0.487 e. The number of hydrogen-bond donors (Lipinski definition) is 0. The molecular weight excluding hydrogens is 322 g/mol. The van der Waals surface area contributed by atoms with Crippen molar-refractivity contribution in [1.29, 1.82) is 0 Å². The van der Waals surface area contributed by atoms with Crippen molar-refractivity contribution in [2.24, 2.45) is 0 Å². The lowest BCUT2D eigenvalue weighted by molar-refractivity contribution is 0.296. The molecule has 0 aliphatic rings. The molecule has 0 unspecified atom stereocenters. The highest BCUT2D eigenvalue weighted by molar-refractivity contribution is 8.13. The van der Waals surface area contributed by atoms with Gasteiger partial charge in [-0.15, -0.1) is 0 Å². The summed E-state index contributed by atoms with van der Waals surface area (Å²) >= 11 is 0. The molecule has 0 radical (unpaired) electrons. The van der Waals surface area contributed by atoms with Crippen molar-refractivity contribution < 1.29 is 21.9 Å². The Balaban J connectivity index is 2.28. The van der Waals surface area contributed by atoms with Crippen molar-refractivity contribution in [2.75, 3.05) is 0 Å². The predicted octanol–water partition coefficient (Wildman–Crippen LogP) is 3.78. The average Bonchev–Trinajstić information content (AvgIpc) is 2.38. The van der Waals surface area contributed by atoms with Crippen LogP contribution >= 0.6 is 10.7 Å². The van der Waals surface area contributed by atoms with Crippen molar-refractivity contribution >= 4 is 19.7 Å². The Bertz CT molecular complexity index is 776. The summed E-state index contributed by atoms with van der Waals surface area (Å²) in [5.41, 5.74) is 1.34. The van der Waals surface area contributed by atoms with E-state index in [-0.39, 0.29) is 18.2 Å². The Morgan fingerprint density at radius 2 is 1.71 bits per heavy atom. The third-order valence-electron chi connectivity index (χ3n) is 2.86. The van der Waals surface area contributed by atoms with Crippen LogP contribution in [0.15, 0.2) is 41.3 Å². The van der Waals surface area contributed by atoms with E-state index in [9.17, 15) is 17.2 Å². The van der Waals surface area contributed by atoms with Gasteiger partial charge in [-0.3, -0.25) is 0 Å². The minimum Gasteiger partial charge on any atom is -0.487 e. The van der Waals surface area contributed by atoms with Crippen molar-refractivity contribution in [3.05, 3.63) is 59.2 Å². The smallest absolute Gasteiger partial charge is 0.265 e. The molecule has 7 heteroatoms. The summed E-state index contributed by atoms with van der Waals surface area (Å²) in [4.78, 5) is -0.441. The van der Waals surface area contributed by atoms with Crippen molar-refractivity contribution in [3.63, 3.8) is 0 Å². The molecule has 2 rings (SSSR count). The minimum atomic E-state index is -4.13. The summed E-state index contributed by atoms with van der Waals surface area (Å²) in [6.07, 6.45) is 0. The normalized spacial score (nSPS) is 11.4. The van der Waals surface area contributed by atoms with E-state index in [0.717, 1.165) is 12.1 Å². The number of halogens is 3. The van der Waals surface area contributed by atoms with Crippen molar-refractivity contribution in [1.82, 2.24) is 0 Å². The topological polar surface area (TPSA) is 43.4 Å². The number of benzene rings is 2. The highest BCUT2D eigenvalue weighted by atomic mass is 35.7. The molecule has 0 aliphatic carbocycles. The monoisotopic (exact) mass is 332 g/mol. The number of aryl methyl sites for hydroxylation is 1. The summed E-state index contributed by atoms with van der Waals surface area (Å²) in [7, 11) is 1.12. The quantitative estimate of drug-likeness (QED) is 0.800. The molecule has 0 heterocycles. The molecular formula is C14H11ClF2O3S. The maximum absolute atomic E-state index is 13.1.